The van der Waals surface area contributed by atoms with E-state index in [0.717, 1.165) is 42.3 Å². The predicted molar refractivity (Wildman–Crippen MR) is 118 cm³/mol. The van der Waals surface area contributed by atoms with Crippen LogP contribution in [-0.4, -0.2) is 29.5 Å². The van der Waals surface area contributed by atoms with Gasteiger partial charge in [0.25, 0.3) is 5.91 Å². The number of hydrogen-bond acceptors (Lipinski definition) is 5. The molecule has 0 saturated carbocycles. The third kappa shape index (κ3) is 4.24. The number of carbonyl (C=O) groups is 1. The number of ether oxygens (including phenoxy) is 1. The fourth-order valence-corrected chi connectivity index (χ4v) is 3.69. The van der Waals surface area contributed by atoms with Gasteiger partial charge in [-0.25, -0.2) is 0 Å². The van der Waals surface area contributed by atoms with Crippen molar-refractivity contribution in [3.63, 3.8) is 0 Å². The third-order valence-electron chi connectivity index (χ3n) is 5.15. The number of benzene rings is 1. The van der Waals surface area contributed by atoms with Crippen molar-refractivity contribution >= 4 is 29.0 Å². The lowest BCUT2D eigenvalue weighted by molar-refractivity contribution is 0.0939. The van der Waals surface area contributed by atoms with Gasteiger partial charge in [-0.1, -0.05) is 17.7 Å². The van der Waals surface area contributed by atoms with Crippen LogP contribution in [-0.2, 0) is 6.42 Å². The van der Waals surface area contributed by atoms with E-state index in [-0.39, 0.29) is 11.9 Å². The molecule has 0 fully saturated rings. The van der Waals surface area contributed by atoms with E-state index in [4.69, 9.17) is 21.3 Å². The first-order valence-electron chi connectivity index (χ1n) is 9.90. The number of pyridine rings is 2. The zero-order valence-corrected chi connectivity index (χ0v) is 17.7. The summed E-state index contributed by atoms with van der Waals surface area (Å²) in [7, 11) is 1.61. The summed E-state index contributed by atoms with van der Waals surface area (Å²) in [5, 5.41) is 3.61. The highest BCUT2D eigenvalue weighted by Gasteiger charge is 2.22. The number of aromatic nitrogens is 2. The molecule has 0 saturated heterocycles. The van der Waals surface area contributed by atoms with E-state index in [9.17, 15) is 4.79 Å². The molecule has 0 aliphatic carbocycles. The lowest BCUT2D eigenvalue weighted by Gasteiger charge is -2.30. The van der Waals surface area contributed by atoms with Crippen LogP contribution in [0.4, 0.5) is 11.5 Å². The van der Waals surface area contributed by atoms with Gasteiger partial charge < -0.3 is 15.0 Å². The molecule has 0 spiro atoms. The summed E-state index contributed by atoms with van der Waals surface area (Å²) in [5.74, 6) is 1.28. The highest BCUT2D eigenvalue weighted by atomic mass is 35.5. The van der Waals surface area contributed by atoms with Crippen molar-refractivity contribution < 1.29 is 9.53 Å². The van der Waals surface area contributed by atoms with Crippen molar-refractivity contribution in [2.45, 2.75) is 25.8 Å². The molecule has 7 heteroatoms. The van der Waals surface area contributed by atoms with E-state index >= 15 is 0 Å². The molecule has 4 rings (SSSR count). The second-order valence-corrected chi connectivity index (χ2v) is 7.63. The molecule has 6 nitrogen and oxygen atoms in total. The van der Waals surface area contributed by atoms with Crippen LogP contribution in [0.1, 0.15) is 41.1 Å². The molecule has 1 unspecified atom stereocenters. The number of aryl methyl sites for hydroxylation is 1. The molecule has 30 heavy (non-hydrogen) atoms. The maximum Gasteiger partial charge on any atom is 0.251 e. The number of halogens is 1. The molecule has 154 valence electrons. The average Bonchev–Trinajstić information content (AvgIpc) is 2.78. The number of fused-ring (bicyclic) bond motifs is 1. The van der Waals surface area contributed by atoms with Crippen LogP contribution in [0.3, 0.4) is 0 Å². The second kappa shape index (κ2) is 8.71. The Morgan fingerprint density at radius 3 is 2.70 bits per heavy atom. The van der Waals surface area contributed by atoms with Crippen LogP contribution in [0.15, 0.2) is 54.6 Å². The van der Waals surface area contributed by atoms with Crippen molar-refractivity contribution in [3.8, 4) is 5.88 Å². The highest BCUT2D eigenvalue weighted by molar-refractivity contribution is 6.30. The summed E-state index contributed by atoms with van der Waals surface area (Å²) in [6.07, 6.45) is 1.87. The van der Waals surface area contributed by atoms with E-state index in [1.807, 2.05) is 31.2 Å². The lowest BCUT2D eigenvalue weighted by Crippen LogP contribution is -2.29. The van der Waals surface area contributed by atoms with Crippen molar-refractivity contribution in [3.05, 3.63) is 76.6 Å². The van der Waals surface area contributed by atoms with Gasteiger partial charge in [0.15, 0.2) is 0 Å². The minimum absolute atomic E-state index is 0.152. The number of nitrogens with zero attached hydrogens (tertiary/aromatic N) is 3. The maximum absolute atomic E-state index is 12.5. The number of anilines is 2. The standard InChI is InChI=1S/C23H23ClN4O2/c1-15(25-23(29)16-8-10-17(24)11-9-16)18-12-13-20-19(26-18)5-4-14-28(20)21-6-3-7-22(27-21)30-2/h3,6-13,15H,4-5,14H2,1-2H3,(H,25,29). The summed E-state index contributed by atoms with van der Waals surface area (Å²) < 4.78 is 5.26. The number of hydrogen-bond donors (Lipinski definition) is 1. The molecule has 2 aromatic heterocycles. The Bertz CT molecular complexity index is 1060. The molecule has 0 radical (unpaired) electrons. The van der Waals surface area contributed by atoms with Crippen molar-refractivity contribution in [1.82, 2.24) is 15.3 Å². The molecule has 0 bridgehead atoms. The Hall–Kier alpha value is -3.12. The number of nitrogens with one attached hydrogen (secondary N) is 1. The molecular formula is C23H23ClN4O2. The van der Waals surface area contributed by atoms with Crippen LogP contribution >= 0.6 is 11.6 Å². The second-order valence-electron chi connectivity index (χ2n) is 7.20. The van der Waals surface area contributed by atoms with Gasteiger partial charge in [-0.3, -0.25) is 9.78 Å². The molecule has 1 N–H and O–H groups in total. The van der Waals surface area contributed by atoms with Gasteiger partial charge in [0.2, 0.25) is 5.88 Å². The zero-order valence-electron chi connectivity index (χ0n) is 16.9. The number of methoxy groups -OCH3 is 1. The molecule has 1 aliphatic rings. The predicted octanol–water partition coefficient (Wildman–Crippen LogP) is 4.71. The van der Waals surface area contributed by atoms with Crippen LogP contribution < -0.4 is 15.0 Å². The molecule has 3 aromatic rings. The zero-order chi connectivity index (χ0) is 21.1. The van der Waals surface area contributed by atoms with Crippen molar-refractivity contribution in [2.24, 2.45) is 0 Å². The van der Waals surface area contributed by atoms with Gasteiger partial charge in [0, 0.05) is 23.2 Å². The summed E-state index contributed by atoms with van der Waals surface area (Å²) in [6, 6.07) is 16.4. The average molecular weight is 423 g/mol. The van der Waals surface area contributed by atoms with Crippen LogP contribution in [0.25, 0.3) is 0 Å². The monoisotopic (exact) mass is 422 g/mol. The van der Waals surface area contributed by atoms with E-state index in [0.29, 0.717) is 16.5 Å². The first-order chi connectivity index (χ1) is 14.5. The first-order valence-corrected chi connectivity index (χ1v) is 10.3. The Balaban J connectivity index is 1.54. The molecule has 1 aromatic carbocycles. The molecule has 1 aliphatic heterocycles. The topological polar surface area (TPSA) is 67.3 Å². The normalized spacial score (nSPS) is 14.0. The first kappa shape index (κ1) is 20.2. The Labute approximate surface area is 180 Å². The van der Waals surface area contributed by atoms with Gasteiger partial charge >= 0.3 is 0 Å². The van der Waals surface area contributed by atoms with Gasteiger partial charge in [-0.05, 0) is 62.2 Å². The maximum atomic E-state index is 12.5. The third-order valence-corrected chi connectivity index (χ3v) is 5.40. The number of amides is 1. The van der Waals surface area contributed by atoms with E-state index in [1.54, 1.807) is 31.4 Å². The highest BCUT2D eigenvalue weighted by Crippen LogP contribution is 2.33. The van der Waals surface area contributed by atoms with Crippen molar-refractivity contribution in [2.75, 3.05) is 18.6 Å². The SMILES string of the molecule is COc1cccc(N2CCCc3nc(C(C)NC(=O)c4ccc(Cl)cc4)ccc32)n1. The number of rotatable bonds is 5. The summed E-state index contributed by atoms with van der Waals surface area (Å²) in [5.41, 5.74) is 3.45. The summed E-state index contributed by atoms with van der Waals surface area (Å²) >= 11 is 5.90. The fourth-order valence-electron chi connectivity index (χ4n) is 3.57. The van der Waals surface area contributed by atoms with Gasteiger partial charge in [0.1, 0.15) is 5.82 Å². The Morgan fingerprint density at radius 2 is 1.93 bits per heavy atom. The summed E-state index contributed by atoms with van der Waals surface area (Å²) in [4.78, 5) is 24.1. The van der Waals surface area contributed by atoms with Gasteiger partial charge in [-0.15, -0.1) is 0 Å². The van der Waals surface area contributed by atoms with Crippen LogP contribution in [0.2, 0.25) is 5.02 Å². The smallest absolute Gasteiger partial charge is 0.251 e. The minimum Gasteiger partial charge on any atom is -0.481 e. The fraction of sp³-hybridized carbons (Fsp3) is 0.261. The van der Waals surface area contributed by atoms with E-state index in [1.165, 1.54) is 0 Å². The van der Waals surface area contributed by atoms with Crippen molar-refractivity contribution in [1.29, 1.82) is 0 Å². The lowest BCUT2D eigenvalue weighted by atomic mass is 10.1. The molecule has 3 heterocycles. The molecule has 1 amide bonds. The molecular weight excluding hydrogens is 400 g/mol. The summed E-state index contributed by atoms with van der Waals surface area (Å²) in [6.45, 7) is 2.81. The minimum atomic E-state index is -0.219. The van der Waals surface area contributed by atoms with E-state index < -0.39 is 0 Å². The molecule has 1 atom stereocenters. The Morgan fingerprint density at radius 1 is 1.13 bits per heavy atom. The Kier molecular flexibility index (Phi) is 5.86. The van der Waals surface area contributed by atoms with Gasteiger partial charge in [0.05, 0.1) is 30.2 Å². The van der Waals surface area contributed by atoms with E-state index in [2.05, 4.69) is 21.3 Å². The van der Waals surface area contributed by atoms with Crippen LogP contribution in [0.5, 0.6) is 5.88 Å². The number of carbonyl (C=O) groups excluding carboxylic acids is 1. The van der Waals surface area contributed by atoms with Gasteiger partial charge in [-0.2, -0.15) is 4.98 Å². The largest absolute Gasteiger partial charge is 0.481 e. The van der Waals surface area contributed by atoms with Crippen LogP contribution in [0, 0.1) is 0 Å². The quantitative estimate of drug-likeness (QED) is 0.644.